The molecule has 1 aromatic heterocycles. The first-order valence-corrected chi connectivity index (χ1v) is 6.99. The Morgan fingerprint density at radius 1 is 1.10 bits per heavy atom. The van der Waals surface area contributed by atoms with Gasteiger partial charge in [-0.05, 0) is 39.0 Å². The predicted molar refractivity (Wildman–Crippen MR) is 79.8 cm³/mol. The average molecular weight is 290 g/mol. The Kier molecular flexibility index (Phi) is 4.26. The molecule has 0 bridgehead atoms. The van der Waals surface area contributed by atoms with E-state index in [2.05, 4.69) is 0 Å². The summed E-state index contributed by atoms with van der Waals surface area (Å²) in [6.07, 6.45) is 0. The SMILES string of the molecule is CCOC(=O)c1ccc2c(=O)n(CC)c(=O)n(CC)c2c1. The van der Waals surface area contributed by atoms with Crippen LogP contribution in [0.15, 0.2) is 27.8 Å². The van der Waals surface area contributed by atoms with Crippen LogP contribution in [0, 0.1) is 0 Å². The normalized spacial score (nSPS) is 10.8. The molecule has 0 saturated carbocycles. The molecule has 0 unspecified atom stereocenters. The van der Waals surface area contributed by atoms with Crippen LogP contribution in [-0.2, 0) is 17.8 Å². The molecule has 0 aliphatic rings. The first-order valence-electron chi connectivity index (χ1n) is 6.99. The van der Waals surface area contributed by atoms with Crippen LogP contribution in [0.3, 0.4) is 0 Å². The fourth-order valence-electron chi connectivity index (χ4n) is 2.34. The lowest BCUT2D eigenvalue weighted by Crippen LogP contribution is -2.39. The minimum absolute atomic E-state index is 0.273. The first kappa shape index (κ1) is 15.0. The molecule has 0 N–H and O–H groups in total. The van der Waals surface area contributed by atoms with Crippen molar-refractivity contribution in [2.24, 2.45) is 0 Å². The number of nitrogens with zero attached hydrogens (tertiary/aromatic N) is 2. The number of hydrogen-bond donors (Lipinski definition) is 0. The maximum atomic E-state index is 12.3. The molecule has 0 fully saturated rings. The number of carbonyl (C=O) groups is 1. The van der Waals surface area contributed by atoms with E-state index in [0.717, 1.165) is 0 Å². The van der Waals surface area contributed by atoms with Gasteiger partial charge >= 0.3 is 11.7 Å². The van der Waals surface area contributed by atoms with Gasteiger partial charge in [-0.1, -0.05) is 0 Å². The molecule has 2 aromatic rings. The molecular weight excluding hydrogens is 272 g/mol. The Labute approximate surface area is 121 Å². The van der Waals surface area contributed by atoms with Gasteiger partial charge in [0.1, 0.15) is 0 Å². The number of esters is 1. The Bertz CT molecular complexity index is 802. The third kappa shape index (κ3) is 2.49. The zero-order chi connectivity index (χ0) is 15.6. The second-order valence-electron chi connectivity index (χ2n) is 4.53. The number of aromatic nitrogens is 2. The van der Waals surface area contributed by atoms with Gasteiger partial charge in [-0.25, -0.2) is 9.59 Å². The number of aryl methyl sites for hydroxylation is 1. The Morgan fingerprint density at radius 2 is 1.76 bits per heavy atom. The molecule has 0 saturated heterocycles. The minimum atomic E-state index is -0.464. The van der Waals surface area contributed by atoms with Gasteiger partial charge in [0.25, 0.3) is 5.56 Å². The van der Waals surface area contributed by atoms with Crippen molar-refractivity contribution in [2.45, 2.75) is 33.9 Å². The molecule has 0 aliphatic carbocycles. The molecule has 6 nitrogen and oxygen atoms in total. The van der Waals surface area contributed by atoms with Crippen molar-refractivity contribution in [2.75, 3.05) is 6.61 Å². The molecule has 1 heterocycles. The number of hydrogen-bond acceptors (Lipinski definition) is 4. The molecule has 1 aromatic carbocycles. The van der Waals surface area contributed by atoms with Crippen LogP contribution in [0.25, 0.3) is 10.9 Å². The van der Waals surface area contributed by atoms with Crippen LogP contribution < -0.4 is 11.2 Å². The van der Waals surface area contributed by atoms with Crippen molar-refractivity contribution in [1.82, 2.24) is 9.13 Å². The van der Waals surface area contributed by atoms with E-state index in [-0.39, 0.29) is 17.9 Å². The Hall–Kier alpha value is -2.37. The summed E-state index contributed by atoms with van der Waals surface area (Å²) in [5.41, 5.74) is 0.0958. The highest BCUT2D eigenvalue weighted by Gasteiger charge is 2.14. The predicted octanol–water partition coefficient (Wildman–Crippen LogP) is 1.38. The second kappa shape index (κ2) is 5.95. The maximum Gasteiger partial charge on any atom is 0.338 e. The van der Waals surface area contributed by atoms with E-state index in [0.29, 0.717) is 29.6 Å². The van der Waals surface area contributed by atoms with Crippen LogP contribution in [0.4, 0.5) is 0 Å². The molecule has 0 radical (unpaired) electrons. The molecule has 0 atom stereocenters. The van der Waals surface area contributed by atoms with E-state index in [1.54, 1.807) is 32.0 Å². The summed E-state index contributed by atoms with van der Waals surface area (Å²) < 4.78 is 7.63. The average Bonchev–Trinajstić information content (AvgIpc) is 2.48. The Morgan fingerprint density at radius 3 is 2.33 bits per heavy atom. The zero-order valence-corrected chi connectivity index (χ0v) is 12.4. The summed E-state index contributed by atoms with van der Waals surface area (Å²) in [6.45, 7) is 6.30. The monoisotopic (exact) mass is 290 g/mol. The van der Waals surface area contributed by atoms with Gasteiger partial charge in [0.2, 0.25) is 0 Å². The number of benzene rings is 1. The van der Waals surface area contributed by atoms with Crippen molar-refractivity contribution in [3.8, 4) is 0 Å². The summed E-state index contributed by atoms with van der Waals surface area (Å²) in [6, 6.07) is 4.66. The number of ether oxygens (including phenoxy) is 1. The van der Waals surface area contributed by atoms with Crippen LogP contribution >= 0.6 is 0 Å². The Balaban J connectivity index is 2.81. The van der Waals surface area contributed by atoms with Gasteiger partial charge in [0.05, 0.1) is 23.1 Å². The standard InChI is InChI=1S/C15H18N2O4/c1-4-16-12-9-10(14(19)21-6-3)7-8-11(12)13(18)17(5-2)15(16)20/h7-9H,4-6H2,1-3H3. The van der Waals surface area contributed by atoms with Gasteiger partial charge in [-0.3, -0.25) is 13.9 Å². The molecule has 21 heavy (non-hydrogen) atoms. The lowest BCUT2D eigenvalue weighted by molar-refractivity contribution is 0.0526. The highest BCUT2D eigenvalue weighted by Crippen LogP contribution is 2.13. The lowest BCUT2D eigenvalue weighted by atomic mass is 10.1. The molecular formula is C15H18N2O4. The van der Waals surface area contributed by atoms with Crippen molar-refractivity contribution in [3.05, 3.63) is 44.6 Å². The van der Waals surface area contributed by atoms with E-state index in [1.807, 2.05) is 6.92 Å². The van der Waals surface area contributed by atoms with Crippen LogP contribution in [0.2, 0.25) is 0 Å². The van der Waals surface area contributed by atoms with E-state index in [9.17, 15) is 14.4 Å². The van der Waals surface area contributed by atoms with E-state index < -0.39 is 5.97 Å². The molecule has 0 amide bonds. The minimum Gasteiger partial charge on any atom is -0.462 e. The second-order valence-corrected chi connectivity index (χ2v) is 4.53. The van der Waals surface area contributed by atoms with Crippen LogP contribution in [0.1, 0.15) is 31.1 Å². The molecule has 112 valence electrons. The van der Waals surface area contributed by atoms with Gasteiger partial charge in [0, 0.05) is 13.1 Å². The lowest BCUT2D eigenvalue weighted by Gasteiger charge is -2.12. The summed E-state index contributed by atoms with van der Waals surface area (Å²) >= 11 is 0. The highest BCUT2D eigenvalue weighted by molar-refractivity contribution is 5.94. The summed E-state index contributed by atoms with van der Waals surface area (Å²) in [5.74, 6) is -0.464. The van der Waals surface area contributed by atoms with Crippen LogP contribution in [-0.4, -0.2) is 21.7 Å². The van der Waals surface area contributed by atoms with Crippen molar-refractivity contribution < 1.29 is 9.53 Å². The number of fused-ring (bicyclic) bond motifs is 1. The van der Waals surface area contributed by atoms with Crippen molar-refractivity contribution in [3.63, 3.8) is 0 Å². The number of carbonyl (C=O) groups excluding carboxylic acids is 1. The third-order valence-corrected chi connectivity index (χ3v) is 3.37. The van der Waals surface area contributed by atoms with Crippen molar-refractivity contribution >= 4 is 16.9 Å². The summed E-state index contributed by atoms with van der Waals surface area (Å²) in [4.78, 5) is 36.4. The van der Waals surface area contributed by atoms with Gasteiger partial charge in [0.15, 0.2) is 0 Å². The fourth-order valence-corrected chi connectivity index (χ4v) is 2.34. The number of rotatable bonds is 4. The topological polar surface area (TPSA) is 70.3 Å². The van der Waals surface area contributed by atoms with Gasteiger partial charge in [-0.2, -0.15) is 0 Å². The van der Waals surface area contributed by atoms with Crippen molar-refractivity contribution in [1.29, 1.82) is 0 Å². The molecule has 2 rings (SSSR count). The van der Waals surface area contributed by atoms with Gasteiger partial charge in [-0.15, -0.1) is 0 Å². The first-order chi connectivity index (χ1) is 10.0. The van der Waals surface area contributed by atoms with E-state index in [1.165, 1.54) is 9.13 Å². The fraction of sp³-hybridized carbons (Fsp3) is 0.400. The summed E-state index contributed by atoms with van der Waals surface area (Å²) in [5, 5.41) is 0.423. The smallest absolute Gasteiger partial charge is 0.338 e. The quantitative estimate of drug-likeness (QED) is 0.798. The zero-order valence-electron chi connectivity index (χ0n) is 12.4. The maximum absolute atomic E-state index is 12.3. The molecule has 6 heteroatoms. The molecule has 0 spiro atoms. The third-order valence-electron chi connectivity index (χ3n) is 3.37. The van der Waals surface area contributed by atoms with Crippen LogP contribution in [0.5, 0.6) is 0 Å². The highest BCUT2D eigenvalue weighted by atomic mass is 16.5. The van der Waals surface area contributed by atoms with E-state index in [4.69, 9.17) is 4.74 Å². The summed E-state index contributed by atoms with van der Waals surface area (Å²) in [7, 11) is 0. The largest absolute Gasteiger partial charge is 0.462 e. The molecule has 0 aliphatic heterocycles. The van der Waals surface area contributed by atoms with Gasteiger partial charge < -0.3 is 4.74 Å². The van der Waals surface area contributed by atoms with E-state index >= 15 is 0 Å².